The lowest BCUT2D eigenvalue weighted by Gasteiger charge is -2.15. The molecule has 5 heteroatoms. The van der Waals surface area contributed by atoms with Crippen molar-refractivity contribution in [3.05, 3.63) is 71.5 Å². The van der Waals surface area contributed by atoms with Gasteiger partial charge in [-0.25, -0.2) is 4.98 Å². The minimum atomic E-state index is -0.261. The van der Waals surface area contributed by atoms with Crippen LogP contribution in [0.5, 0.6) is 0 Å². The highest BCUT2D eigenvalue weighted by molar-refractivity contribution is 8.00. The summed E-state index contributed by atoms with van der Waals surface area (Å²) in [6.45, 7) is 8.19. The maximum atomic E-state index is 12.6. The molecule has 0 radical (unpaired) electrons. The van der Waals surface area contributed by atoms with Gasteiger partial charge in [0, 0.05) is 18.1 Å². The van der Waals surface area contributed by atoms with Crippen LogP contribution in [0.25, 0.3) is 5.69 Å². The fourth-order valence-corrected chi connectivity index (χ4v) is 3.79. The molecule has 1 amide bonds. The molecule has 0 aliphatic rings. The molecule has 0 fully saturated rings. The Hall–Kier alpha value is -2.53. The molecule has 1 N–H and O–H groups in total. The summed E-state index contributed by atoms with van der Waals surface area (Å²) in [5.41, 5.74) is 5.58. The number of carbonyl (C=O) groups is 1. The van der Waals surface area contributed by atoms with E-state index in [9.17, 15) is 4.79 Å². The van der Waals surface area contributed by atoms with Crippen LogP contribution in [0.15, 0.2) is 60.0 Å². The molecular formula is C22H25N3OS. The second-order valence-corrected chi connectivity index (χ2v) is 7.98. The van der Waals surface area contributed by atoms with E-state index in [1.54, 1.807) is 6.20 Å². The SMILES string of the molecule is CCc1ccc(NC(=O)[C@@H](C)Sc2nccn2-c2ccc(C)cc2C)cc1. The second kappa shape index (κ2) is 8.44. The average molecular weight is 380 g/mol. The van der Waals surface area contributed by atoms with Crippen LogP contribution in [0, 0.1) is 13.8 Å². The number of anilines is 1. The average Bonchev–Trinajstić information content (AvgIpc) is 3.10. The fourth-order valence-electron chi connectivity index (χ4n) is 2.92. The monoisotopic (exact) mass is 379 g/mol. The second-order valence-electron chi connectivity index (χ2n) is 6.67. The van der Waals surface area contributed by atoms with E-state index in [0.717, 1.165) is 23.0 Å². The molecule has 2 aromatic carbocycles. The Bertz CT molecular complexity index is 931. The summed E-state index contributed by atoms with van der Waals surface area (Å²) < 4.78 is 2.04. The number of hydrogen-bond donors (Lipinski definition) is 1. The number of rotatable bonds is 6. The Morgan fingerprint density at radius 2 is 1.93 bits per heavy atom. The van der Waals surface area contributed by atoms with Crippen LogP contribution < -0.4 is 5.32 Å². The number of imidazole rings is 1. The molecule has 1 atom stereocenters. The Morgan fingerprint density at radius 3 is 2.59 bits per heavy atom. The summed E-state index contributed by atoms with van der Waals surface area (Å²) in [5.74, 6) is -0.0283. The van der Waals surface area contributed by atoms with Crippen molar-refractivity contribution in [3.8, 4) is 5.69 Å². The molecule has 0 aliphatic carbocycles. The van der Waals surface area contributed by atoms with Gasteiger partial charge in [0.05, 0.1) is 10.9 Å². The van der Waals surface area contributed by atoms with E-state index in [4.69, 9.17) is 0 Å². The van der Waals surface area contributed by atoms with Gasteiger partial charge in [0.15, 0.2) is 5.16 Å². The van der Waals surface area contributed by atoms with Gasteiger partial charge in [-0.15, -0.1) is 0 Å². The number of benzene rings is 2. The predicted octanol–water partition coefficient (Wildman–Crippen LogP) is 5.17. The number of aryl methyl sites for hydroxylation is 3. The molecular weight excluding hydrogens is 354 g/mol. The largest absolute Gasteiger partial charge is 0.325 e. The highest BCUT2D eigenvalue weighted by Gasteiger charge is 2.18. The summed E-state index contributed by atoms with van der Waals surface area (Å²) >= 11 is 1.46. The van der Waals surface area contributed by atoms with Crippen molar-refractivity contribution >= 4 is 23.4 Å². The normalized spacial score (nSPS) is 12.0. The molecule has 27 heavy (non-hydrogen) atoms. The summed E-state index contributed by atoms with van der Waals surface area (Å²) in [5, 5.41) is 3.54. The lowest BCUT2D eigenvalue weighted by Crippen LogP contribution is -2.22. The minimum absolute atomic E-state index is 0.0283. The van der Waals surface area contributed by atoms with Crippen LogP contribution in [-0.4, -0.2) is 20.7 Å². The first kappa shape index (κ1) is 19.2. The first-order chi connectivity index (χ1) is 13.0. The molecule has 1 aromatic heterocycles. The molecule has 140 valence electrons. The first-order valence-corrected chi connectivity index (χ1v) is 10.0. The van der Waals surface area contributed by atoms with Gasteiger partial charge in [-0.3, -0.25) is 9.36 Å². The van der Waals surface area contributed by atoms with E-state index in [1.807, 2.05) is 42.0 Å². The van der Waals surface area contributed by atoms with Crippen molar-refractivity contribution in [2.24, 2.45) is 0 Å². The van der Waals surface area contributed by atoms with Crippen molar-refractivity contribution in [2.45, 2.75) is 44.5 Å². The minimum Gasteiger partial charge on any atom is -0.325 e. The van der Waals surface area contributed by atoms with Crippen LogP contribution in [0.4, 0.5) is 5.69 Å². The van der Waals surface area contributed by atoms with Gasteiger partial charge in [0.25, 0.3) is 0 Å². The number of nitrogens with one attached hydrogen (secondary N) is 1. The molecule has 0 aliphatic heterocycles. The smallest absolute Gasteiger partial charge is 0.237 e. The lowest BCUT2D eigenvalue weighted by molar-refractivity contribution is -0.115. The number of amides is 1. The van der Waals surface area contributed by atoms with E-state index in [-0.39, 0.29) is 11.2 Å². The Balaban J connectivity index is 1.71. The third-order valence-corrected chi connectivity index (χ3v) is 5.58. The topological polar surface area (TPSA) is 46.9 Å². The van der Waals surface area contributed by atoms with Gasteiger partial charge >= 0.3 is 0 Å². The van der Waals surface area contributed by atoms with E-state index in [0.29, 0.717) is 0 Å². The van der Waals surface area contributed by atoms with E-state index in [2.05, 4.69) is 49.3 Å². The maximum Gasteiger partial charge on any atom is 0.237 e. The summed E-state index contributed by atoms with van der Waals surface area (Å²) in [6.07, 6.45) is 4.70. The number of aromatic nitrogens is 2. The van der Waals surface area contributed by atoms with E-state index >= 15 is 0 Å². The van der Waals surface area contributed by atoms with Crippen molar-refractivity contribution < 1.29 is 4.79 Å². The van der Waals surface area contributed by atoms with Gasteiger partial charge in [-0.1, -0.05) is 48.5 Å². The Morgan fingerprint density at radius 1 is 1.19 bits per heavy atom. The standard InChI is InChI=1S/C22H25N3OS/c1-5-18-7-9-19(10-8-18)24-21(26)17(4)27-22-23-12-13-25(22)20-11-6-15(2)14-16(20)3/h6-14,17H,5H2,1-4H3,(H,24,26)/t17-/m1/s1. The van der Waals surface area contributed by atoms with Gasteiger partial charge in [0.2, 0.25) is 5.91 Å². The molecule has 3 rings (SSSR count). The van der Waals surface area contributed by atoms with Gasteiger partial charge < -0.3 is 5.32 Å². The van der Waals surface area contributed by atoms with E-state index < -0.39 is 0 Å². The Labute approximate surface area is 165 Å². The zero-order valence-electron chi connectivity index (χ0n) is 16.2. The molecule has 4 nitrogen and oxygen atoms in total. The number of hydrogen-bond acceptors (Lipinski definition) is 3. The molecule has 0 spiro atoms. The highest BCUT2D eigenvalue weighted by atomic mass is 32.2. The number of nitrogens with zero attached hydrogens (tertiary/aromatic N) is 2. The van der Waals surface area contributed by atoms with Gasteiger partial charge in [0.1, 0.15) is 0 Å². The van der Waals surface area contributed by atoms with Crippen LogP contribution in [0.3, 0.4) is 0 Å². The zero-order valence-corrected chi connectivity index (χ0v) is 17.0. The third-order valence-electron chi connectivity index (χ3n) is 4.50. The Kier molecular flexibility index (Phi) is 6.01. The van der Waals surface area contributed by atoms with Crippen molar-refractivity contribution in [1.29, 1.82) is 0 Å². The predicted molar refractivity (Wildman–Crippen MR) is 113 cm³/mol. The third kappa shape index (κ3) is 4.61. The molecule has 0 saturated carbocycles. The quantitative estimate of drug-likeness (QED) is 0.601. The molecule has 0 saturated heterocycles. The van der Waals surface area contributed by atoms with Crippen LogP contribution in [-0.2, 0) is 11.2 Å². The molecule has 0 bridgehead atoms. The van der Waals surface area contributed by atoms with Gasteiger partial charge in [-0.05, 0) is 56.5 Å². The number of carbonyl (C=O) groups excluding carboxylic acids is 1. The summed E-state index contributed by atoms with van der Waals surface area (Å²) in [4.78, 5) is 17.0. The summed E-state index contributed by atoms with van der Waals surface area (Å²) in [7, 11) is 0. The zero-order chi connectivity index (χ0) is 19.4. The molecule has 0 unspecified atom stereocenters. The van der Waals surface area contributed by atoms with Crippen molar-refractivity contribution in [2.75, 3.05) is 5.32 Å². The van der Waals surface area contributed by atoms with Crippen molar-refractivity contribution in [1.82, 2.24) is 9.55 Å². The molecule has 1 heterocycles. The van der Waals surface area contributed by atoms with Crippen LogP contribution in [0.2, 0.25) is 0 Å². The highest BCUT2D eigenvalue weighted by Crippen LogP contribution is 2.27. The van der Waals surface area contributed by atoms with Gasteiger partial charge in [-0.2, -0.15) is 0 Å². The lowest BCUT2D eigenvalue weighted by atomic mass is 10.1. The maximum absolute atomic E-state index is 12.6. The fraction of sp³-hybridized carbons (Fsp3) is 0.273. The van der Waals surface area contributed by atoms with Crippen molar-refractivity contribution in [3.63, 3.8) is 0 Å². The summed E-state index contributed by atoms with van der Waals surface area (Å²) in [6, 6.07) is 14.3. The van der Waals surface area contributed by atoms with E-state index in [1.165, 1.54) is 28.5 Å². The number of thioether (sulfide) groups is 1. The first-order valence-electron chi connectivity index (χ1n) is 9.15. The van der Waals surface area contributed by atoms with Crippen LogP contribution in [0.1, 0.15) is 30.5 Å². The molecule has 3 aromatic rings. The van der Waals surface area contributed by atoms with Crippen LogP contribution >= 0.6 is 11.8 Å².